The SMILES string of the molecule is O=C1OC(c2ccccc2)CN1CC12CC3CC(CC(C3)C1)C2. The minimum Gasteiger partial charge on any atom is -0.439 e. The number of benzene rings is 1. The van der Waals surface area contributed by atoms with Crippen LogP contribution in [0.25, 0.3) is 0 Å². The molecular formula is C20H25NO2. The highest BCUT2D eigenvalue weighted by atomic mass is 16.6. The normalized spacial score (nSPS) is 41.4. The highest BCUT2D eigenvalue weighted by Gasteiger charge is 2.52. The molecule has 5 aliphatic rings. The number of amides is 1. The van der Waals surface area contributed by atoms with Gasteiger partial charge in [-0.1, -0.05) is 30.3 Å². The molecule has 4 aliphatic carbocycles. The van der Waals surface area contributed by atoms with E-state index in [1.807, 2.05) is 23.1 Å². The van der Waals surface area contributed by atoms with E-state index in [0.29, 0.717) is 5.41 Å². The second-order valence-electron chi connectivity index (χ2n) is 8.58. The Morgan fingerprint density at radius 1 is 1.00 bits per heavy atom. The molecule has 1 heterocycles. The zero-order chi connectivity index (χ0) is 15.4. The summed E-state index contributed by atoms with van der Waals surface area (Å²) in [6.07, 6.45) is 8.21. The van der Waals surface area contributed by atoms with Crippen molar-refractivity contribution in [3.05, 3.63) is 35.9 Å². The van der Waals surface area contributed by atoms with Crippen LogP contribution in [-0.2, 0) is 4.74 Å². The first kappa shape index (κ1) is 13.9. The van der Waals surface area contributed by atoms with Gasteiger partial charge >= 0.3 is 6.09 Å². The van der Waals surface area contributed by atoms with E-state index in [1.54, 1.807) is 0 Å². The van der Waals surface area contributed by atoms with Crippen LogP contribution in [0.5, 0.6) is 0 Å². The number of rotatable bonds is 3. The highest BCUT2D eigenvalue weighted by molar-refractivity contribution is 5.70. The third-order valence-electron chi connectivity index (χ3n) is 6.75. The standard InChI is InChI=1S/C20H25NO2/c22-19-21(12-18(23-19)17-4-2-1-3-5-17)13-20-9-14-6-15(10-20)8-16(7-14)11-20/h1-5,14-16,18H,6-13H2. The average molecular weight is 311 g/mol. The molecule has 1 saturated heterocycles. The number of nitrogens with zero attached hydrogens (tertiary/aromatic N) is 1. The largest absolute Gasteiger partial charge is 0.439 e. The van der Waals surface area contributed by atoms with Crippen molar-refractivity contribution in [2.45, 2.75) is 44.6 Å². The first-order chi connectivity index (χ1) is 11.2. The van der Waals surface area contributed by atoms with E-state index in [9.17, 15) is 4.79 Å². The molecule has 1 aliphatic heterocycles. The van der Waals surface area contributed by atoms with Crippen LogP contribution in [0.2, 0.25) is 0 Å². The van der Waals surface area contributed by atoms with E-state index in [2.05, 4.69) is 12.1 Å². The Morgan fingerprint density at radius 2 is 1.61 bits per heavy atom. The van der Waals surface area contributed by atoms with Crippen LogP contribution in [0.15, 0.2) is 30.3 Å². The third-order valence-corrected chi connectivity index (χ3v) is 6.75. The van der Waals surface area contributed by atoms with E-state index in [-0.39, 0.29) is 12.2 Å². The summed E-state index contributed by atoms with van der Waals surface area (Å²) in [6.45, 7) is 1.66. The number of cyclic esters (lactones) is 1. The van der Waals surface area contributed by atoms with Gasteiger partial charge in [-0.05, 0) is 67.3 Å². The van der Waals surface area contributed by atoms with Crippen molar-refractivity contribution >= 4 is 6.09 Å². The fourth-order valence-electron chi connectivity index (χ4n) is 6.37. The van der Waals surface area contributed by atoms with Gasteiger partial charge in [0.2, 0.25) is 0 Å². The summed E-state index contributed by atoms with van der Waals surface area (Å²) in [6, 6.07) is 10.2. The van der Waals surface area contributed by atoms with E-state index in [0.717, 1.165) is 36.4 Å². The minimum atomic E-state index is -0.102. The zero-order valence-electron chi connectivity index (χ0n) is 13.6. The summed E-state index contributed by atoms with van der Waals surface area (Å²) in [5, 5.41) is 0. The fraction of sp³-hybridized carbons (Fsp3) is 0.650. The molecule has 4 saturated carbocycles. The molecule has 1 atom stereocenters. The molecular weight excluding hydrogens is 286 g/mol. The Kier molecular flexibility index (Phi) is 3.01. The lowest BCUT2D eigenvalue weighted by atomic mass is 9.49. The summed E-state index contributed by atoms with van der Waals surface area (Å²) < 4.78 is 5.66. The smallest absolute Gasteiger partial charge is 0.410 e. The highest BCUT2D eigenvalue weighted by Crippen LogP contribution is 2.60. The van der Waals surface area contributed by atoms with Crippen LogP contribution >= 0.6 is 0 Å². The van der Waals surface area contributed by atoms with Crippen molar-refractivity contribution in [1.82, 2.24) is 4.90 Å². The number of carbonyl (C=O) groups is 1. The van der Waals surface area contributed by atoms with Crippen LogP contribution in [0.3, 0.4) is 0 Å². The molecule has 3 nitrogen and oxygen atoms in total. The summed E-state index contributed by atoms with van der Waals surface area (Å²) in [5.74, 6) is 2.80. The van der Waals surface area contributed by atoms with E-state index in [4.69, 9.17) is 4.74 Å². The number of ether oxygens (including phenoxy) is 1. The van der Waals surface area contributed by atoms with Gasteiger partial charge in [0, 0.05) is 6.54 Å². The fourth-order valence-corrected chi connectivity index (χ4v) is 6.37. The lowest BCUT2D eigenvalue weighted by Crippen LogP contribution is -2.51. The lowest BCUT2D eigenvalue weighted by molar-refractivity contribution is -0.0627. The monoisotopic (exact) mass is 311 g/mol. The van der Waals surface area contributed by atoms with Crippen molar-refractivity contribution in [2.75, 3.05) is 13.1 Å². The van der Waals surface area contributed by atoms with Gasteiger partial charge in [-0.25, -0.2) is 4.79 Å². The van der Waals surface area contributed by atoms with E-state index in [1.165, 1.54) is 38.5 Å². The topological polar surface area (TPSA) is 29.5 Å². The van der Waals surface area contributed by atoms with Crippen LogP contribution < -0.4 is 0 Å². The van der Waals surface area contributed by atoms with Crippen LogP contribution in [-0.4, -0.2) is 24.1 Å². The first-order valence-corrected chi connectivity index (χ1v) is 9.20. The first-order valence-electron chi connectivity index (χ1n) is 9.20. The molecule has 1 amide bonds. The molecule has 5 fully saturated rings. The number of carbonyl (C=O) groups excluding carboxylic acids is 1. The van der Waals surface area contributed by atoms with Gasteiger partial charge in [-0.15, -0.1) is 0 Å². The minimum absolute atomic E-state index is 0.0855. The molecule has 122 valence electrons. The lowest BCUT2D eigenvalue weighted by Gasteiger charge is -2.57. The second kappa shape index (κ2) is 4.99. The maximum absolute atomic E-state index is 12.4. The van der Waals surface area contributed by atoms with Crippen molar-refractivity contribution in [2.24, 2.45) is 23.2 Å². The molecule has 0 aromatic heterocycles. The Morgan fingerprint density at radius 3 is 2.22 bits per heavy atom. The van der Waals surface area contributed by atoms with Crippen molar-refractivity contribution in [1.29, 1.82) is 0 Å². The maximum atomic E-state index is 12.4. The van der Waals surface area contributed by atoms with Gasteiger partial charge in [-0.2, -0.15) is 0 Å². The Hall–Kier alpha value is -1.51. The molecule has 1 unspecified atom stereocenters. The second-order valence-corrected chi connectivity index (χ2v) is 8.58. The Labute approximate surface area is 138 Å². The number of hydrogen-bond donors (Lipinski definition) is 0. The van der Waals surface area contributed by atoms with Crippen LogP contribution in [0.1, 0.15) is 50.2 Å². The molecule has 0 spiro atoms. The average Bonchev–Trinajstić information content (AvgIpc) is 2.87. The van der Waals surface area contributed by atoms with Gasteiger partial charge < -0.3 is 9.64 Å². The molecule has 1 aromatic carbocycles. The van der Waals surface area contributed by atoms with Crippen LogP contribution in [0, 0.1) is 23.2 Å². The van der Waals surface area contributed by atoms with Gasteiger partial charge in [0.1, 0.15) is 6.10 Å². The third kappa shape index (κ3) is 2.36. The van der Waals surface area contributed by atoms with E-state index >= 15 is 0 Å². The van der Waals surface area contributed by atoms with Crippen molar-refractivity contribution in [3.63, 3.8) is 0 Å². The van der Waals surface area contributed by atoms with Gasteiger partial charge in [0.05, 0.1) is 6.54 Å². The molecule has 23 heavy (non-hydrogen) atoms. The molecule has 0 N–H and O–H groups in total. The quantitative estimate of drug-likeness (QED) is 0.828. The van der Waals surface area contributed by atoms with Crippen LogP contribution in [0.4, 0.5) is 4.79 Å². The summed E-state index contributed by atoms with van der Waals surface area (Å²) in [5.41, 5.74) is 1.52. The predicted octanol–water partition coefficient (Wildman–Crippen LogP) is 4.40. The summed E-state index contributed by atoms with van der Waals surface area (Å²) in [4.78, 5) is 14.4. The molecule has 4 bridgehead atoms. The molecule has 0 radical (unpaired) electrons. The van der Waals surface area contributed by atoms with Gasteiger partial charge in [0.15, 0.2) is 0 Å². The van der Waals surface area contributed by atoms with Gasteiger partial charge in [0.25, 0.3) is 0 Å². The van der Waals surface area contributed by atoms with Crippen molar-refractivity contribution < 1.29 is 9.53 Å². The van der Waals surface area contributed by atoms with Crippen molar-refractivity contribution in [3.8, 4) is 0 Å². The molecule has 1 aromatic rings. The van der Waals surface area contributed by atoms with E-state index < -0.39 is 0 Å². The maximum Gasteiger partial charge on any atom is 0.410 e. The molecule has 3 heteroatoms. The predicted molar refractivity (Wildman–Crippen MR) is 87.8 cm³/mol. The summed E-state index contributed by atoms with van der Waals surface area (Å²) >= 11 is 0. The Balaban J connectivity index is 1.32. The van der Waals surface area contributed by atoms with Gasteiger partial charge in [-0.3, -0.25) is 0 Å². The number of hydrogen-bond acceptors (Lipinski definition) is 2. The zero-order valence-corrected chi connectivity index (χ0v) is 13.6. The Bertz CT molecular complexity index is 576. The summed E-state index contributed by atoms with van der Waals surface area (Å²) in [7, 11) is 0. The molecule has 6 rings (SSSR count).